The highest BCUT2D eigenvalue weighted by atomic mass is 16.5. The fourth-order valence-electron chi connectivity index (χ4n) is 3.23. The predicted octanol–water partition coefficient (Wildman–Crippen LogP) is 2.06. The van der Waals surface area contributed by atoms with E-state index in [0.29, 0.717) is 65.0 Å². The summed E-state index contributed by atoms with van der Waals surface area (Å²) >= 11 is 0. The van der Waals surface area contributed by atoms with Crippen molar-refractivity contribution in [1.82, 2.24) is 10.3 Å². The molecule has 0 radical (unpaired) electrons. The fraction of sp³-hybridized carbons (Fsp3) is 0.522. The van der Waals surface area contributed by atoms with Gasteiger partial charge in [-0.15, -0.1) is 0 Å². The Balaban J connectivity index is 1.70. The summed E-state index contributed by atoms with van der Waals surface area (Å²) in [6, 6.07) is 9.22. The van der Waals surface area contributed by atoms with Crippen molar-refractivity contribution in [3.05, 3.63) is 52.8 Å². The average molecular weight is 433 g/mol. The maximum atomic E-state index is 10.3. The van der Waals surface area contributed by atoms with Crippen molar-refractivity contribution in [2.24, 2.45) is 0 Å². The molecule has 0 spiro atoms. The number of phenols is 1. The van der Waals surface area contributed by atoms with Crippen molar-refractivity contribution >= 4 is 0 Å². The van der Waals surface area contributed by atoms with Gasteiger partial charge in [-0.05, 0) is 35.9 Å². The largest absolute Gasteiger partial charge is 0.508 e. The van der Waals surface area contributed by atoms with Crippen LogP contribution in [-0.2, 0) is 38.6 Å². The summed E-state index contributed by atoms with van der Waals surface area (Å²) in [7, 11) is 1.61. The summed E-state index contributed by atoms with van der Waals surface area (Å²) in [6.07, 6.45) is 0.546. The maximum Gasteiger partial charge on any atom is 0.119 e. The molecule has 2 N–H and O–H groups in total. The molecule has 2 heterocycles. The molecule has 8 nitrogen and oxygen atoms in total. The van der Waals surface area contributed by atoms with E-state index in [-0.39, 0.29) is 5.75 Å². The molecule has 1 aromatic heterocycles. The third kappa shape index (κ3) is 8.43. The van der Waals surface area contributed by atoms with Gasteiger partial charge in [0.05, 0.1) is 71.4 Å². The summed E-state index contributed by atoms with van der Waals surface area (Å²) in [5, 5.41) is 13.5. The molecule has 0 fully saturated rings. The van der Waals surface area contributed by atoms with Gasteiger partial charge in [0.1, 0.15) is 11.5 Å². The molecular formula is C23H32N2O6. The number of rotatable bonds is 3. The average Bonchev–Trinajstić information content (AvgIpc) is 2.77. The number of pyridine rings is 1. The number of aromatic nitrogens is 1. The number of methoxy groups -OCH3 is 1. The predicted molar refractivity (Wildman–Crippen MR) is 116 cm³/mol. The zero-order chi connectivity index (χ0) is 21.7. The minimum Gasteiger partial charge on any atom is -0.508 e. The molecule has 2 aromatic rings. The molecule has 1 aliphatic rings. The van der Waals surface area contributed by atoms with Crippen LogP contribution in [0.5, 0.6) is 11.5 Å². The molecule has 0 amide bonds. The SMILES string of the molecule is COc1ccc(O)c(Cc2cc3nc(c2)COCCOCCNCCOCCOC3)c1. The quantitative estimate of drug-likeness (QED) is 0.762. The van der Waals surface area contributed by atoms with Gasteiger partial charge in [0.2, 0.25) is 0 Å². The number of aromatic hydroxyl groups is 1. The Morgan fingerprint density at radius 3 is 2.10 bits per heavy atom. The highest BCUT2D eigenvalue weighted by molar-refractivity contribution is 5.42. The monoisotopic (exact) mass is 432 g/mol. The standard InChI is InChI=1S/C23H32N2O6/c1-27-22-2-3-23(26)19(15-22)12-18-13-20-16-30-10-8-28-6-4-24-5-7-29-9-11-31-17-21(14-18)25-20/h2-3,13-15,24,26H,4-12,16-17H2,1H3. The summed E-state index contributed by atoms with van der Waals surface area (Å²) in [5.74, 6) is 0.941. The minimum absolute atomic E-state index is 0.235. The van der Waals surface area contributed by atoms with Crippen molar-refractivity contribution in [2.45, 2.75) is 19.6 Å². The molecule has 0 atom stereocenters. The van der Waals surface area contributed by atoms with Crippen molar-refractivity contribution < 1.29 is 28.8 Å². The van der Waals surface area contributed by atoms with Gasteiger partial charge >= 0.3 is 0 Å². The molecule has 8 heteroatoms. The topological polar surface area (TPSA) is 91.3 Å². The van der Waals surface area contributed by atoms with Crippen LogP contribution in [0.15, 0.2) is 30.3 Å². The van der Waals surface area contributed by atoms with Gasteiger partial charge in [-0.25, -0.2) is 0 Å². The van der Waals surface area contributed by atoms with E-state index in [4.69, 9.17) is 23.7 Å². The highest BCUT2D eigenvalue weighted by Gasteiger charge is 2.09. The van der Waals surface area contributed by atoms with Crippen LogP contribution in [0.3, 0.4) is 0 Å². The van der Waals surface area contributed by atoms with Gasteiger partial charge < -0.3 is 34.1 Å². The lowest BCUT2D eigenvalue weighted by Gasteiger charge is -2.13. The summed E-state index contributed by atoms with van der Waals surface area (Å²) < 4.78 is 27.9. The Labute approximate surface area is 183 Å². The third-order valence-electron chi connectivity index (χ3n) is 4.76. The Kier molecular flexibility index (Phi) is 10.0. The molecule has 31 heavy (non-hydrogen) atoms. The first kappa shape index (κ1) is 23.4. The number of hydrogen-bond acceptors (Lipinski definition) is 8. The molecule has 0 unspecified atom stereocenters. The molecular weight excluding hydrogens is 400 g/mol. The van der Waals surface area contributed by atoms with Crippen molar-refractivity contribution in [2.75, 3.05) is 59.8 Å². The van der Waals surface area contributed by atoms with Gasteiger partial charge in [0.25, 0.3) is 0 Å². The van der Waals surface area contributed by atoms with Crippen molar-refractivity contribution in [3.63, 3.8) is 0 Å². The lowest BCUT2D eigenvalue weighted by Crippen LogP contribution is -2.25. The number of phenolic OH excluding ortho intramolecular Hbond substituents is 1. The molecule has 1 aliphatic heterocycles. The number of benzene rings is 1. The fourth-order valence-corrected chi connectivity index (χ4v) is 3.23. The summed E-state index contributed by atoms with van der Waals surface area (Å²) in [4.78, 5) is 4.67. The number of nitrogens with one attached hydrogen (secondary N) is 1. The number of hydrogen-bond donors (Lipinski definition) is 2. The Bertz CT molecular complexity index is 767. The smallest absolute Gasteiger partial charge is 0.119 e. The van der Waals surface area contributed by atoms with E-state index in [2.05, 4.69) is 10.3 Å². The molecule has 2 bridgehead atoms. The normalized spacial score (nSPS) is 17.5. The van der Waals surface area contributed by atoms with E-state index < -0.39 is 0 Å². The number of fused-ring (bicyclic) bond motifs is 2. The molecule has 0 saturated heterocycles. The minimum atomic E-state index is 0.235. The highest BCUT2D eigenvalue weighted by Crippen LogP contribution is 2.26. The third-order valence-corrected chi connectivity index (χ3v) is 4.76. The summed E-state index contributed by atoms with van der Waals surface area (Å²) in [6.45, 7) is 5.66. The molecule has 0 saturated carbocycles. The summed E-state index contributed by atoms with van der Waals surface area (Å²) in [5.41, 5.74) is 3.44. The number of ether oxygens (including phenoxy) is 5. The number of nitrogens with zero attached hydrogens (tertiary/aromatic N) is 1. The van der Waals surface area contributed by atoms with E-state index >= 15 is 0 Å². The first-order valence-electron chi connectivity index (χ1n) is 10.6. The second kappa shape index (κ2) is 13.2. The molecule has 3 rings (SSSR count). The van der Waals surface area contributed by atoms with Crippen LogP contribution in [0.1, 0.15) is 22.5 Å². The van der Waals surface area contributed by atoms with Crippen LogP contribution in [0, 0.1) is 0 Å². The van der Waals surface area contributed by atoms with Gasteiger partial charge in [0.15, 0.2) is 0 Å². The van der Waals surface area contributed by atoms with E-state index in [1.807, 2.05) is 18.2 Å². The zero-order valence-corrected chi connectivity index (χ0v) is 18.1. The molecule has 0 aliphatic carbocycles. The van der Waals surface area contributed by atoms with Gasteiger partial charge in [-0.3, -0.25) is 4.98 Å². The van der Waals surface area contributed by atoms with Crippen molar-refractivity contribution in [3.8, 4) is 11.5 Å². The Morgan fingerprint density at radius 1 is 0.871 bits per heavy atom. The second-order valence-corrected chi connectivity index (χ2v) is 7.21. The van der Waals surface area contributed by atoms with E-state index in [1.54, 1.807) is 19.2 Å². The molecule has 1 aromatic carbocycles. The zero-order valence-electron chi connectivity index (χ0n) is 18.1. The van der Waals surface area contributed by atoms with Gasteiger partial charge in [0, 0.05) is 25.1 Å². The maximum absolute atomic E-state index is 10.3. The second-order valence-electron chi connectivity index (χ2n) is 7.21. The van der Waals surface area contributed by atoms with E-state index in [9.17, 15) is 5.11 Å². The van der Waals surface area contributed by atoms with Crippen LogP contribution in [0.25, 0.3) is 0 Å². The van der Waals surface area contributed by atoms with Gasteiger partial charge in [-0.1, -0.05) is 0 Å². The lowest BCUT2D eigenvalue weighted by atomic mass is 10.0. The Morgan fingerprint density at radius 2 is 1.48 bits per heavy atom. The van der Waals surface area contributed by atoms with Crippen LogP contribution < -0.4 is 10.1 Å². The first-order chi connectivity index (χ1) is 15.2. The van der Waals surface area contributed by atoms with Crippen LogP contribution >= 0.6 is 0 Å². The van der Waals surface area contributed by atoms with Crippen molar-refractivity contribution in [1.29, 1.82) is 0 Å². The van der Waals surface area contributed by atoms with Crippen LogP contribution in [-0.4, -0.2) is 69.9 Å². The van der Waals surface area contributed by atoms with Gasteiger partial charge in [-0.2, -0.15) is 0 Å². The van der Waals surface area contributed by atoms with E-state index in [1.165, 1.54) is 0 Å². The van der Waals surface area contributed by atoms with Crippen LogP contribution in [0.2, 0.25) is 0 Å². The van der Waals surface area contributed by atoms with Crippen LogP contribution in [0.4, 0.5) is 0 Å². The lowest BCUT2D eigenvalue weighted by molar-refractivity contribution is 0.0324. The van der Waals surface area contributed by atoms with E-state index in [0.717, 1.165) is 35.6 Å². The molecule has 170 valence electrons. The Hall–Kier alpha value is -2.23. The first-order valence-corrected chi connectivity index (χ1v) is 10.6.